The predicted octanol–water partition coefficient (Wildman–Crippen LogP) is 6.24. The summed E-state index contributed by atoms with van der Waals surface area (Å²) in [5.74, 6) is -1.02. The molecule has 2 aromatic carbocycles. The van der Waals surface area contributed by atoms with E-state index < -0.39 is 11.7 Å². The summed E-state index contributed by atoms with van der Waals surface area (Å²) in [5.41, 5.74) is 1.18. The maximum absolute atomic E-state index is 13.8. The van der Waals surface area contributed by atoms with Gasteiger partial charge in [0, 0.05) is 4.88 Å². The lowest BCUT2D eigenvalue weighted by molar-refractivity contribution is -0.113. The third-order valence-corrected chi connectivity index (χ3v) is 7.59. The third-order valence-electron chi connectivity index (χ3n) is 4.81. The van der Waals surface area contributed by atoms with Crippen LogP contribution in [0.15, 0.2) is 52.4 Å². The van der Waals surface area contributed by atoms with Crippen LogP contribution in [0.1, 0.15) is 10.4 Å². The van der Waals surface area contributed by atoms with Crippen LogP contribution in [0.4, 0.5) is 10.1 Å². The number of fused-ring (bicyclic) bond motifs is 1. The van der Waals surface area contributed by atoms with Gasteiger partial charge in [-0.1, -0.05) is 47.1 Å². The first-order valence-electron chi connectivity index (χ1n) is 9.41. The summed E-state index contributed by atoms with van der Waals surface area (Å²) < 4.78 is 15.3. The van der Waals surface area contributed by atoms with Crippen LogP contribution >= 0.6 is 46.3 Å². The summed E-state index contributed by atoms with van der Waals surface area (Å²) in [6.07, 6.45) is 0. The Kier molecular flexibility index (Phi) is 6.57. The summed E-state index contributed by atoms with van der Waals surface area (Å²) in [6, 6.07) is 10.8. The van der Waals surface area contributed by atoms with Crippen molar-refractivity contribution in [2.75, 3.05) is 11.1 Å². The molecule has 0 saturated heterocycles. The van der Waals surface area contributed by atoms with E-state index in [1.165, 1.54) is 28.0 Å². The summed E-state index contributed by atoms with van der Waals surface area (Å²) in [4.78, 5) is 32.1. The largest absolute Gasteiger partial charge is 0.323 e. The Balaban J connectivity index is 1.74. The number of halogens is 3. The van der Waals surface area contributed by atoms with Crippen molar-refractivity contribution in [3.8, 4) is 5.69 Å². The number of aryl methyl sites for hydroxylation is 2. The molecule has 0 aliphatic heterocycles. The van der Waals surface area contributed by atoms with Gasteiger partial charge in [0.05, 0.1) is 32.6 Å². The van der Waals surface area contributed by atoms with Gasteiger partial charge in [-0.25, -0.2) is 9.37 Å². The van der Waals surface area contributed by atoms with Gasteiger partial charge in [0.1, 0.15) is 10.6 Å². The van der Waals surface area contributed by atoms with E-state index in [9.17, 15) is 14.0 Å². The lowest BCUT2D eigenvalue weighted by Crippen LogP contribution is -2.23. The Morgan fingerprint density at radius 1 is 1.19 bits per heavy atom. The minimum Gasteiger partial charge on any atom is -0.323 e. The van der Waals surface area contributed by atoms with Crippen molar-refractivity contribution in [3.05, 3.63) is 79.1 Å². The molecule has 2 aromatic heterocycles. The number of aromatic nitrogens is 2. The molecular weight excluding hydrogens is 492 g/mol. The molecule has 1 N–H and O–H groups in total. The van der Waals surface area contributed by atoms with Crippen molar-refractivity contribution in [3.63, 3.8) is 0 Å². The molecule has 0 bridgehead atoms. The van der Waals surface area contributed by atoms with Crippen LogP contribution in [0, 0.1) is 19.7 Å². The summed E-state index contributed by atoms with van der Waals surface area (Å²) in [6.45, 7) is 3.81. The van der Waals surface area contributed by atoms with Crippen LogP contribution in [-0.4, -0.2) is 21.2 Å². The fraction of sp³-hybridized carbons (Fsp3) is 0.136. The van der Waals surface area contributed by atoms with Crippen molar-refractivity contribution in [1.82, 2.24) is 9.55 Å². The maximum atomic E-state index is 13.8. The molecule has 0 radical (unpaired) electrons. The highest BCUT2D eigenvalue weighted by atomic mass is 35.5. The molecule has 4 rings (SSSR count). The Bertz CT molecular complexity index is 1420. The molecule has 164 valence electrons. The number of thiophene rings is 1. The summed E-state index contributed by atoms with van der Waals surface area (Å²) in [7, 11) is 0. The lowest BCUT2D eigenvalue weighted by atomic mass is 10.2. The van der Waals surface area contributed by atoms with Crippen molar-refractivity contribution in [2.24, 2.45) is 0 Å². The van der Waals surface area contributed by atoms with Crippen LogP contribution in [0.5, 0.6) is 0 Å². The van der Waals surface area contributed by atoms with Gasteiger partial charge in [0.15, 0.2) is 5.16 Å². The standard InChI is InChI=1S/C22H16Cl2FN3O2S2/c1-11-12(2)32-20-19(11)21(30)28(13-7-8-14(23)15(24)9-13)22(27-20)31-10-18(29)26-17-6-4-3-5-16(17)25/h3-9H,10H2,1-2H3,(H,26,29). The fourth-order valence-corrected chi connectivity index (χ4v) is 5.28. The molecule has 2 heterocycles. The number of benzene rings is 2. The van der Waals surface area contributed by atoms with Crippen molar-refractivity contribution in [2.45, 2.75) is 19.0 Å². The molecule has 32 heavy (non-hydrogen) atoms. The molecular formula is C22H16Cl2FN3O2S2. The average molecular weight is 508 g/mol. The zero-order valence-electron chi connectivity index (χ0n) is 16.9. The Hall–Kier alpha value is -2.39. The SMILES string of the molecule is Cc1sc2nc(SCC(=O)Nc3ccccc3F)n(-c3ccc(Cl)c(Cl)c3)c(=O)c2c1C. The monoisotopic (exact) mass is 507 g/mol. The van der Waals surface area contributed by atoms with Gasteiger partial charge in [-0.15, -0.1) is 11.3 Å². The van der Waals surface area contributed by atoms with Crippen LogP contribution in [0.3, 0.4) is 0 Å². The van der Waals surface area contributed by atoms with Gasteiger partial charge in [-0.3, -0.25) is 14.2 Å². The number of hydrogen-bond donors (Lipinski definition) is 1. The Labute approximate surface area is 201 Å². The Morgan fingerprint density at radius 2 is 1.94 bits per heavy atom. The minimum atomic E-state index is -0.525. The van der Waals surface area contributed by atoms with Crippen molar-refractivity contribution < 1.29 is 9.18 Å². The van der Waals surface area contributed by atoms with Crippen LogP contribution in [0.2, 0.25) is 10.0 Å². The quantitative estimate of drug-likeness (QED) is 0.256. The number of rotatable bonds is 5. The molecule has 5 nitrogen and oxygen atoms in total. The molecule has 1 amide bonds. The Morgan fingerprint density at radius 3 is 2.66 bits per heavy atom. The molecule has 10 heteroatoms. The first kappa shape index (κ1) is 22.8. The number of para-hydroxylation sites is 1. The number of hydrogen-bond acceptors (Lipinski definition) is 5. The van der Waals surface area contributed by atoms with E-state index in [0.717, 1.165) is 22.2 Å². The van der Waals surface area contributed by atoms with Gasteiger partial charge in [0.2, 0.25) is 5.91 Å². The van der Waals surface area contributed by atoms with Gasteiger partial charge in [-0.05, 0) is 49.7 Å². The number of amides is 1. The van der Waals surface area contributed by atoms with Crippen LogP contribution in [0.25, 0.3) is 15.9 Å². The van der Waals surface area contributed by atoms with Crippen LogP contribution < -0.4 is 10.9 Å². The number of thioether (sulfide) groups is 1. The molecule has 0 aliphatic carbocycles. The minimum absolute atomic E-state index is 0.0725. The molecule has 0 fully saturated rings. The first-order chi connectivity index (χ1) is 15.3. The van der Waals surface area contributed by atoms with E-state index in [-0.39, 0.29) is 17.0 Å². The molecule has 0 saturated carbocycles. The van der Waals surface area contributed by atoms with E-state index in [1.54, 1.807) is 30.3 Å². The van der Waals surface area contributed by atoms with E-state index >= 15 is 0 Å². The number of nitrogens with one attached hydrogen (secondary N) is 1. The predicted molar refractivity (Wildman–Crippen MR) is 130 cm³/mol. The van der Waals surface area contributed by atoms with E-state index in [1.807, 2.05) is 13.8 Å². The lowest BCUT2D eigenvalue weighted by Gasteiger charge is -2.13. The average Bonchev–Trinajstić information content (AvgIpc) is 3.04. The summed E-state index contributed by atoms with van der Waals surface area (Å²) in [5, 5.41) is 4.04. The van der Waals surface area contributed by atoms with Gasteiger partial charge in [0.25, 0.3) is 5.56 Å². The molecule has 4 aromatic rings. The van der Waals surface area contributed by atoms with E-state index in [0.29, 0.717) is 31.1 Å². The fourth-order valence-electron chi connectivity index (χ4n) is 3.10. The molecule has 0 unspecified atom stereocenters. The normalized spacial score (nSPS) is 11.2. The third kappa shape index (κ3) is 4.41. The number of carbonyl (C=O) groups excluding carboxylic acids is 1. The summed E-state index contributed by atoms with van der Waals surface area (Å²) >= 11 is 14.7. The number of nitrogens with zero attached hydrogens (tertiary/aromatic N) is 2. The molecule has 0 spiro atoms. The van der Waals surface area contributed by atoms with Gasteiger partial charge in [-0.2, -0.15) is 0 Å². The zero-order chi connectivity index (χ0) is 23.0. The number of carbonyl (C=O) groups is 1. The second-order valence-corrected chi connectivity index (χ2v) is 9.87. The topological polar surface area (TPSA) is 64.0 Å². The van der Waals surface area contributed by atoms with E-state index in [2.05, 4.69) is 10.3 Å². The smallest absolute Gasteiger partial charge is 0.267 e. The second kappa shape index (κ2) is 9.23. The molecule has 0 aliphatic rings. The van der Waals surface area contributed by atoms with Gasteiger partial charge < -0.3 is 5.32 Å². The zero-order valence-corrected chi connectivity index (χ0v) is 20.1. The van der Waals surface area contributed by atoms with E-state index in [4.69, 9.17) is 23.2 Å². The highest BCUT2D eigenvalue weighted by Crippen LogP contribution is 2.31. The van der Waals surface area contributed by atoms with Crippen LogP contribution in [-0.2, 0) is 4.79 Å². The second-order valence-electron chi connectivity index (χ2n) is 6.91. The maximum Gasteiger partial charge on any atom is 0.267 e. The highest BCUT2D eigenvalue weighted by Gasteiger charge is 2.19. The van der Waals surface area contributed by atoms with Gasteiger partial charge >= 0.3 is 0 Å². The highest BCUT2D eigenvalue weighted by molar-refractivity contribution is 7.99. The first-order valence-corrected chi connectivity index (χ1v) is 12.0. The number of anilines is 1. The van der Waals surface area contributed by atoms with Crippen molar-refractivity contribution >= 4 is 68.1 Å². The van der Waals surface area contributed by atoms with Crippen molar-refractivity contribution in [1.29, 1.82) is 0 Å². The molecule has 0 atom stereocenters.